The number of rotatable bonds is 3. The molecule has 2 N–H and O–H groups in total. The van der Waals surface area contributed by atoms with Gasteiger partial charge in [0.2, 0.25) is 0 Å². The molecule has 0 saturated heterocycles. The predicted molar refractivity (Wildman–Crippen MR) is 88.5 cm³/mol. The van der Waals surface area contributed by atoms with Crippen LogP contribution in [0.5, 0.6) is 0 Å². The molecule has 126 valence electrons. The summed E-state index contributed by atoms with van der Waals surface area (Å²) in [5, 5.41) is 27.7. The maximum Gasteiger partial charge on any atom is 0.337 e. The van der Waals surface area contributed by atoms with E-state index in [2.05, 4.69) is 0 Å². The molecule has 0 unspecified atom stereocenters. The maximum atomic E-state index is 10.4. The van der Waals surface area contributed by atoms with Crippen LogP contribution in [0.15, 0.2) is 36.4 Å². The summed E-state index contributed by atoms with van der Waals surface area (Å²) in [5.41, 5.74) is -0.235. The Morgan fingerprint density at radius 3 is 1.92 bits per heavy atom. The van der Waals surface area contributed by atoms with E-state index in [9.17, 15) is 19.7 Å². The van der Waals surface area contributed by atoms with Crippen molar-refractivity contribution < 1.29 is 24.7 Å². The van der Waals surface area contributed by atoms with E-state index >= 15 is 0 Å². The number of hydrogen-bond donors (Lipinski definition) is 2. The number of carboxylic acids is 2. The summed E-state index contributed by atoms with van der Waals surface area (Å²) in [6.45, 7) is 0. The van der Waals surface area contributed by atoms with E-state index in [4.69, 9.17) is 45.0 Å². The zero-order chi connectivity index (χ0) is 18.4. The molecule has 7 nitrogen and oxygen atoms in total. The molecule has 2 aromatic carbocycles. The second kappa shape index (κ2) is 8.49. The van der Waals surface area contributed by atoms with Crippen LogP contribution in [0, 0.1) is 10.1 Å². The summed E-state index contributed by atoms with van der Waals surface area (Å²) in [4.78, 5) is 30.4. The van der Waals surface area contributed by atoms with Crippen LogP contribution >= 0.6 is 34.8 Å². The monoisotopic (exact) mass is 391 g/mol. The Morgan fingerprint density at radius 2 is 1.50 bits per heavy atom. The van der Waals surface area contributed by atoms with Gasteiger partial charge in [-0.15, -0.1) is 0 Å². The van der Waals surface area contributed by atoms with Crippen molar-refractivity contribution in [1.82, 2.24) is 0 Å². The van der Waals surface area contributed by atoms with E-state index in [1.54, 1.807) is 0 Å². The molecule has 0 aromatic heterocycles. The molecule has 24 heavy (non-hydrogen) atoms. The zero-order valence-corrected chi connectivity index (χ0v) is 13.8. The number of carbonyl (C=O) groups is 2. The smallest absolute Gasteiger partial charge is 0.337 e. The molecule has 0 saturated carbocycles. The van der Waals surface area contributed by atoms with Gasteiger partial charge in [0.05, 0.1) is 31.1 Å². The fourth-order valence-corrected chi connectivity index (χ4v) is 1.97. The summed E-state index contributed by atoms with van der Waals surface area (Å²) in [5.74, 6) is -2.22. The number of carboxylic acid groups (broad SMARTS) is 2. The average Bonchev–Trinajstić information content (AvgIpc) is 2.49. The minimum absolute atomic E-state index is 0.137. The van der Waals surface area contributed by atoms with Crippen LogP contribution in [0.1, 0.15) is 20.7 Å². The van der Waals surface area contributed by atoms with E-state index in [-0.39, 0.29) is 26.9 Å². The summed E-state index contributed by atoms with van der Waals surface area (Å²) in [6.07, 6.45) is 0. The third-order valence-electron chi connectivity index (χ3n) is 2.56. The molecule has 0 aliphatic heterocycles. The fraction of sp³-hybridized carbons (Fsp3) is 0. The number of nitro groups is 1. The lowest BCUT2D eigenvalue weighted by Crippen LogP contribution is -1.98. The lowest BCUT2D eigenvalue weighted by Gasteiger charge is -1.97. The standard InChI is InChI=1S/C7H4Cl2O2.C7H4ClNO4/c8-5-2-1-4(7(10)11)3-6(5)9;8-6-3-4(9(12)13)1-2-5(6)7(10)11/h1-3H,(H,10,11);1-3H,(H,10,11). The number of aromatic carboxylic acids is 2. The van der Waals surface area contributed by atoms with E-state index in [0.717, 1.165) is 18.2 Å². The van der Waals surface area contributed by atoms with Crippen molar-refractivity contribution in [3.8, 4) is 0 Å². The summed E-state index contributed by atoms with van der Waals surface area (Å²) >= 11 is 16.6. The van der Waals surface area contributed by atoms with Gasteiger partial charge in [0.15, 0.2) is 0 Å². The number of nitrogens with zero attached hydrogens (tertiary/aromatic N) is 1. The Morgan fingerprint density at radius 1 is 0.875 bits per heavy atom. The van der Waals surface area contributed by atoms with Gasteiger partial charge in [-0.25, -0.2) is 9.59 Å². The molecule has 0 amide bonds. The summed E-state index contributed by atoms with van der Waals surface area (Å²) in [7, 11) is 0. The Labute approximate surface area is 150 Å². The van der Waals surface area contributed by atoms with E-state index in [1.807, 2.05) is 0 Å². The second-order valence-corrected chi connectivity index (χ2v) is 5.38. The fourth-order valence-electron chi connectivity index (χ4n) is 1.42. The van der Waals surface area contributed by atoms with Crippen LogP contribution in [0.3, 0.4) is 0 Å². The van der Waals surface area contributed by atoms with Gasteiger partial charge < -0.3 is 10.2 Å². The van der Waals surface area contributed by atoms with E-state index < -0.39 is 16.9 Å². The molecule has 0 heterocycles. The van der Waals surface area contributed by atoms with Gasteiger partial charge in [0.25, 0.3) is 5.69 Å². The first-order valence-electron chi connectivity index (χ1n) is 5.99. The number of non-ortho nitro benzene ring substituents is 1. The lowest BCUT2D eigenvalue weighted by atomic mass is 10.2. The van der Waals surface area contributed by atoms with Gasteiger partial charge >= 0.3 is 11.9 Å². The topological polar surface area (TPSA) is 118 Å². The Hall–Kier alpha value is -2.35. The Balaban J connectivity index is 0.000000243. The lowest BCUT2D eigenvalue weighted by molar-refractivity contribution is -0.384. The predicted octanol–water partition coefficient (Wildman–Crippen LogP) is 4.64. The molecule has 2 rings (SSSR count). The zero-order valence-electron chi connectivity index (χ0n) is 11.6. The van der Waals surface area contributed by atoms with Crippen LogP contribution in [0.25, 0.3) is 0 Å². The SMILES string of the molecule is O=C(O)c1ccc(Cl)c(Cl)c1.O=C(O)c1ccc([N+](=O)[O-])cc1Cl. The highest BCUT2D eigenvalue weighted by Crippen LogP contribution is 2.23. The minimum Gasteiger partial charge on any atom is -0.478 e. The quantitative estimate of drug-likeness (QED) is 0.580. The minimum atomic E-state index is -1.21. The van der Waals surface area contributed by atoms with Gasteiger partial charge in [0, 0.05) is 12.1 Å². The van der Waals surface area contributed by atoms with Crippen molar-refractivity contribution >= 4 is 52.4 Å². The van der Waals surface area contributed by atoms with Gasteiger partial charge in [0.1, 0.15) is 0 Å². The van der Waals surface area contributed by atoms with Crippen LogP contribution in [0.4, 0.5) is 5.69 Å². The molecule has 10 heteroatoms. The van der Waals surface area contributed by atoms with E-state index in [0.29, 0.717) is 5.02 Å². The number of hydrogen-bond acceptors (Lipinski definition) is 4. The first-order valence-corrected chi connectivity index (χ1v) is 7.12. The van der Waals surface area contributed by atoms with Gasteiger partial charge in [-0.2, -0.15) is 0 Å². The Bertz CT molecular complexity index is 809. The summed E-state index contributed by atoms with van der Waals surface area (Å²) < 4.78 is 0. The van der Waals surface area contributed by atoms with Crippen LogP contribution in [0.2, 0.25) is 15.1 Å². The summed E-state index contributed by atoms with van der Waals surface area (Å²) in [6, 6.07) is 7.36. The second-order valence-electron chi connectivity index (χ2n) is 4.16. The molecule has 0 fully saturated rings. The molecule has 0 atom stereocenters. The highest BCUT2D eigenvalue weighted by molar-refractivity contribution is 6.42. The van der Waals surface area contributed by atoms with Crippen molar-refractivity contribution in [2.45, 2.75) is 0 Å². The third kappa shape index (κ3) is 5.38. The molecule has 0 bridgehead atoms. The van der Waals surface area contributed by atoms with Crippen LogP contribution in [-0.2, 0) is 0 Å². The largest absolute Gasteiger partial charge is 0.478 e. The van der Waals surface area contributed by atoms with Crippen molar-refractivity contribution in [2.75, 3.05) is 0 Å². The van der Waals surface area contributed by atoms with E-state index in [1.165, 1.54) is 18.2 Å². The van der Waals surface area contributed by atoms with Crippen molar-refractivity contribution in [2.24, 2.45) is 0 Å². The van der Waals surface area contributed by atoms with Gasteiger partial charge in [-0.1, -0.05) is 34.8 Å². The third-order valence-corrected chi connectivity index (χ3v) is 3.61. The maximum absolute atomic E-state index is 10.4. The Kier molecular flexibility index (Phi) is 6.97. The molecule has 0 aliphatic rings. The first-order chi connectivity index (χ1) is 11.1. The molecule has 0 radical (unpaired) electrons. The average molecular weight is 393 g/mol. The number of halogens is 3. The molecular weight excluding hydrogens is 385 g/mol. The van der Waals surface area contributed by atoms with Gasteiger partial charge in [-0.05, 0) is 24.3 Å². The van der Waals surface area contributed by atoms with Gasteiger partial charge in [-0.3, -0.25) is 10.1 Å². The normalized spacial score (nSPS) is 9.62. The highest BCUT2D eigenvalue weighted by Gasteiger charge is 2.13. The van der Waals surface area contributed by atoms with Crippen LogP contribution in [-0.4, -0.2) is 27.1 Å². The van der Waals surface area contributed by atoms with Crippen molar-refractivity contribution in [1.29, 1.82) is 0 Å². The molecule has 0 aliphatic carbocycles. The highest BCUT2D eigenvalue weighted by atomic mass is 35.5. The number of nitro benzene ring substituents is 1. The number of benzene rings is 2. The first kappa shape index (κ1) is 19.7. The molecule has 2 aromatic rings. The molecular formula is C14H8Cl3NO6. The van der Waals surface area contributed by atoms with Crippen molar-refractivity contribution in [3.63, 3.8) is 0 Å². The van der Waals surface area contributed by atoms with Crippen molar-refractivity contribution in [3.05, 3.63) is 72.7 Å². The van der Waals surface area contributed by atoms with Crippen LogP contribution < -0.4 is 0 Å². The molecule has 0 spiro atoms.